The number of carbonyl (C=O) groups excluding carboxylic acids is 1. The van der Waals surface area contributed by atoms with Crippen molar-refractivity contribution < 1.29 is 9.90 Å². The molecule has 1 aliphatic heterocycles. The zero-order chi connectivity index (χ0) is 16.0. The molecule has 3 N–H and O–H groups in total. The van der Waals surface area contributed by atoms with Crippen LogP contribution in [0.25, 0.3) is 10.8 Å². The summed E-state index contributed by atoms with van der Waals surface area (Å²) in [7, 11) is 0. The van der Waals surface area contributed by atoms with E-state index in [1.165, 1.54) is 10.8 Å². The molecule has 0 bridgehead atoms. The molecule has 1 saturated heterocycles. The van der Waals surface area contributed by atoms with E-state index >= 15 is 0 Å². The van der Waals surface area contributed by atoms with Crippen molar-refractivity contribution >= 4 is 16.7 Å². The zero-order valence-electron chi connectivity index (χ0n) is 13.1. The Bertz CT molecular complexity index is 754. The third kappa shape index (κ3) is 2.62. The summed E-state index contributed by atoms with van der Waals surface area (Å²) in [6.45, 7) is 1.06. The molecule has 2 fully saturated rings. The molecule has 0 spiro atoms. The highest BCUT2D eigenvalue weighted by Crippen LogP contribution is 2.37. The molecule has 120 valence electrons. The van der Waals surface area contributed by atoms with Gasteiger partial charge in [0.1, 0.15) is 0 Å². The summed E-state index contributed by atoms with van der Waals surface area (Å²) in [6, 6.07) is 14.6. The number of likely N-dealkylation sites (tertiary alicyclic amines) is 1. The molecule has 23 heavy (non-hydrogen) atoms. The van der Waals surface area contributed by atoms with Crippen molar-refractivity contribution in [2.45, 2.75) is 36.8 Å². The number of nitrogens with zero attached hydrogens (tertiary/aromatic N) is 1. The summed E-state index contributed by atoms with van der Waals surface area (Å²) in [6.07, 6.45) is 1.79. The quantitative estimate of drug-likeness (QED) is 0.891. The van der Waals surface area contributed by atoms with Gasteiger partial charge in [-0.1, -0.05) is 42.5 Å². The van der Waals surface area contributed by atoms with Gasteiger partial charge in [-0.15, -0.1) is 0 Å². The number of carbonyl (C=O) groups is 1. The van der Waals surface area contributed by atoms with E-state index in [1.54, 1.807) is 4.90 Å². The molecule has 0 radical (unpaired) electrons. The van der Waals surface area contributed by atoms with Crippen LogP contribution in [0.3, 0.4) is 0 Å². The first kappa shape index (κ1) is 14.7. The fraction of sp³-hybridized carbons (Fsp3) is 0.421. The lowest BCUT2D eigenvalue weighted by atomic mass is 9.86. The fourth-order valence-electron chi connectivity index (χ4n) is 3.61. The predicted molar refractivity (Wildman–Crippen MR) is 90.0 cm³/mol. The molecule has 4 rings (SSSR count). The first-order valence-corrected chi connectivity index (χ1v) is 8.32. The van der Waals surface area contributed by atoms with Crippen molar-refractivity contribution in [1.82, 2.24) is 4.90 Å². The minimum atomic E-state index is -0.643. The summed E-state index contributed by atoms with van der Waals surface area (Å²) in [5.74, 6) is 0.0881. The molecule has 2 aromatic rings. The lowest BCUT2D eigenvalue weighted by Crippen LogP contribution is -2.52. The summed E-state index contributed by atoms with van der Waals surface area (Å²) in [5, 5.41) is 13.0. The van der Waals surface area contributed by atoms with E-state index in [2.05, 4.69) is 30.3 Å². The summed E-state index contributed by atoms with van der Waals surface area (Å²) in [4.78, 5) is 14.1. The molecular formula is C19H22N2O2. The number of aliphatic hydroxyl groups excluding tert-OH is 1. The van der Waals surface area contributed by atoms with Crippen molar-refractivity contribution in [3.63, 3.8) is 0 Å². The number of β-amino-alcohol motifs (C(OH)–C–C–N with tert-alkyl or cyclic N) is 1. The van der Waals surface area contributed by atoms with Crippen molar-refractivity contribution in [3.8, 4) is 0 Å². The van der Waals surface area contributed by atoms with Crippen LogP contribution in [-0.2, 0) is 4.79 Å². The van der Waals surface area contributed by atoms with Crippen molar-refractivity contribution in [3.05, 3.63) is 48.0 Å². The van der Waals surface area contributed by atoms with Gasteiger partial charge in [0.15, 0.2) is 0 Å². The van der Waals surface area contributed by atoms with E-state index in [4.69, 9.17) is 5.73 Å². The molecule has 2 aromatic carbocycles. The minimum Gasteiger partial charge on any atom is -0.391 e. The van der Waals surface area contributed by atoms with Crippen LogP contribution in [0.1, 0.15) is 30.7 Å². The Morgan fingerprint density at radius 1 is 1.17 bits per heavy atom. The maximum atomic E-state index is 12.3. The smallest absolute Gasteiger partial charge is 0.242 e. The van der Waals surface area contributed by atoms with Crippen LogP contribution < -0.4 is 5.73 Å². The SMILES string of the molecule is NC1(C(=O)N2CC[C@@H](c3ccc4ccccc4c3)[C@H](O)C2)CC1. The Balaban J connectivity index is 1.52. The van der Waals surface area contributed by atoms with Crippen LogP contribution in [-0.4, -0.2) is 40.6 Å². The number of nitrogens with two attached hydrogens (primary N) is 1. The highest BCUT2D eigenvalue weighted by atomic mass is 16.3. The van der Waals surface area contributed by atoms with Crippen molar-refractivity contribution in [2.24, 2.45) is 5.73 Å². The second-order valence-corrected chi connectivity index (χ2v) is 6.98. The average Bonchev–Trinajstić information content (AvgIpc) is 3.32. The standard InChI is InChI=1S/C19H22N2O2/c20-19(8-9-19)18(23)21-10-7-16(17(22)12-21)15-6-5-13-3-1-2-4-14(13)11-15/h1-6,11,16-17,22H,7-10,12,20H2/t16-,17+/m0/s1. The molecule has 1 aliphatic carbocycles. The van der Waals surface area contributed by atoms with E-state index in [1.807, 2.05) is 12.1 Å². The normalized spacial score (nSPS) is 26.3. The molecule has 1 heterocycles. The molecule has 2 aliphatic rings. The van der Waals surface area contributed by atoms with Gasteiger partial charge in [-0.2, -0.15) is 0 Å². The van der Waals surface area contributed by atoms with Gasteiger partial charge >= 0.3 is 0 Å². The molecular weight excluding hydrogens is 288 g/mol. The van der Waals surface area contributed by atoms with E-state index in [0.717, 1.165) is 24.8 Å². The average molecular weight is 310 g/mol. The zero-order valence-corrected chi connectivity index (χ0v) is 13.1. The largest absolute Gasteiger partial charge is 0.391 e. The second-order valence-electron chi connectivity index (χ2n) is 6.98. The summed E-state index contributed by atoms with van der Waals surface area (Å²) >= 11 is 0. The Morgan fingerprint density at radius 3 is 2.61 bits per heavy atom. The molecule has 1 amide bonds. The van der Waals surface area contributed by atoms with Gasteiger partial charge in [0, 0.05) is 19.0 Å². The fourth-order valence-corrected chi connectivity index (χ4v) is 3.61. The van der Waals surface area contributed by atoms with Crippen LogP contribution >= 0.6 is 0 Å². The molecule has 4 heteroatoms. The van der Waals surface area contributed by atoms with E-state index in [0.29, 0.717) is 13.1 Å². The maximum absolute atomic E-state index is 12.3. The molecule has 0 unspecified atom stereocenters. The number of aliphatic hydroxyl groups is 1. The lowest BCUT2D eigenvalue weighted by Gasteiger charge is -2.37. The van der Waals surface area contributed by atoms with Gasteiger partial charge < -0.3 is 15.7 Å². The Morgan fingerprint density at radius 2 is 1.91 bits per heavy atom. The van der Waals surface area contributed by atoms with Crippen LogP contribution in [0.15, 0.2) is 42.5 Å². The van der Waals surface area contributed by atoms with Gasteiger partial charge in [0.25, 0.3) is 0 Å². The first-order valence-electron chi connectivity index (χ1n) is 8.32. The number of benzene rings is 2. The first-order chi connectivity index (χ1) is 11.1. The Hall–Kier alpha value is -1.91. The van der Waals surface area contributed by atoms with Crippen molar-refractivity contribution in [2.75, 3.05) is 13.1 Å². The van der Waals surface area contributed by atoms with Crippen LogP contribution in [0.4, 0.5) is 0 Å². The molecule has 2 atom stereocenters. The van der Waals surface area contributed by atoms with Gasteiger partial charge in [-0.05, 0) is 35.6 Å². The number of rotatable bonds is 2. The topological polar surface area (TPSA) is 66.6 Å². The van der Waals surface area contributed by atoms with Crippen LogP contribution in [0, 0.1) is 0 Å². The number of piperidine rings is 1. The van der Waals surface area contributed by atoms with Gasteiger partial charge in [0.2, 0.25) is 5.91 Å². The third-order valence-corrected chi connectivity index (χ3v) is 5.29. The van der Waals surface area contributed by atoms with Crippen LogP contribution in [0.2, 0.25) is 0 Å². The highest BCUT2D eigenvalue weighted by molar-refractivity contribution is 5.89. The van der Waals surface area contributed by atoms with Crippen LogP contribution in [0.5, 0.6) is 0 Å². The second kappa shape index (κ2) is 5.32. The van der Waals surface area contributed by atoms with Gasteiger partial charge in [-0.3, -0.25) is 4.79 Å². The number of fused-ring (bicyclic) bond motifs is 1. The number of hydrogen-bond acceptors (Lipinski definition) is 3. The third-order valence-electron chi connectivity index (χ3n) is 5.29. The number of hydrogen-bond donors (Lipinski definition) is 2. The van der Waals surface area contributed by atoms with Gasteiger partial charge in [-0.25, -0.2) is 0 Å². The maximum Gasteiger partial charge on any atom is 0.242 e. The monoisotopic (exact) mass is 310 g/mol. The minimum absolute atomic E-state index is 0.00788. The molecule has 1 saturated carbocycles. The Labute approximate surface area is 135 Å². The highest BCUT2D eigenvalue weighted by Gasteiger charge is 2.49. The van der Waals surface area contributed by atoms with E-state index in [9.17, 15) is 9.90 Å². The van der Waals surface area contributed by atoms with Crippen molar-refractivity contribution in [1.29, 1.82) is 0 Å². The van der Waals surface area contributed by atoms with Gasteiger partial charge in [0.05, 0.1) is 11.6 Å². The van der Waals surface area contributed by atoms with E-state index in [-0.39, 0.29) is 11.8 Å². The molecule has 4 nitrogen and oxygen atoms in total. The predicted octanol–water partition coefficient (Wildman–Crippen LogP) is 2.01. The van der Waals surface area contributed by atoms with E-state index < -0.39 is 11.6 Å². The lowest BCUT2D eigenvalue weighted by molar-refractivity contribution is -0.137. The molecule has 0 aromatic heterocycles. The summed E-state index contributed by atoms with van der Waals surface area (Å²) < 4.78 is 0. The summed E-state index contributed by atoms with van der Waals surface area (Å²) in [5.41, 5.74) is 6.51. The number of amides is 1. The Kier molecular flexibility index (Phi) is 3.39.